The Labute approximate surface area is 143 Å². The van der Waals surface area contributed by atoms with Crippen LogP contribution >= 0.6 is 0 Å². The van der Waals surface area contributed by atoms with Crippen molar-refractivity contribution < 1.29 is 13.2 Å². The van der Waals surface area contributed by atoms with Gasteiger partial charge in [0, 0.05) is 51.8 Å². The summed E-state index contributed by atoms with van der Waals surface area (Å²) in [5.74, 6) is 0.838. The van der Waals surface area contributed by atoms with Crippen LogP contribution in [0.2, 0.25) is 0 Å². The molecule has 134 valence electrons. The van der Waals surface area contributed by atoms with E-state index in [0.717, 1.165) is 25.7 Å². The van der Waals surface area contributed by atoms with Gasteiger partial charge in [0.2, 0.25) is 5.91 Å². The Bertz CT molecular complexity index is 738. The number of hydrogen-bond acceptors (Lipinski definition) is 4. The van der Waals surface area contributed by atoms with Crippen LogP contribution in [0.3, 0.4) is 0 Å². The lowest BCUT2D eigenvalue weighted by molar-refractivity contribution is -0.139. The van der Waals surface area contributed by atoms with Crippen molar-refractivity contribution >= 4 is 15.9 Å². The fourth-order valence-corrected chi connectivity index (χ4v) is 5.61. The second kappa shape index (κ2) is 5.84. The summed E-state index contributed by atoms with van der Waals surface area (Å²) in [6.07, 6.45) is 5.79. The molecule has 2 heterocycles. The molecule has 1 aliphatic carbocycles. The van der Waals surface area contributed by atoms with Gasteiger partial charge in [-0.1, -0.05) is 6.42 Å². The van der Waals surface area contributed by atoms with E-state index in [1.807, 2.05) is 11.9 Å². The van der Waals surface area contributed by atoms with Crippen molar-refractivity contribution in [3.63, 3.8) is 0 Å². The Balaban J connectivity index is 1.85. The molecule has 7 nitrogen and oxygen atoms in total. The zero-order valence-corrected chi connectivity index (χ0v) is 15.6. The molecule has 8 heteroatoms. The number of piperidine rings is 1. The Hall–Kier alpha value is -1.41. The highest BCUT2D eigenvalue weighted by atomic mass is 32.2. The number of aryl methyl sites for hydroxylation is 2. The molecule has 0 radical (unpaired) electrons. The first-order valence-electron chi connectivity index (χ1n) is 8.39. The van der Waals surface area contributed by atoms with Gasteiger partial charge >= 0.3 is 0 Å². The first kappa shape index (κ1) is 17.4. The lowest BCUT2D eigenvalue weighted by Crippen LogP contribution is -2.54. The summed E-state index contributed by atoms with van der Waals surface area (Å²) in [5, 5.41) is 0.0937. The maximum atomic E-state index is 12.9. The zero-order valence-electron chi connectivity index (χ0n) is 14.8. The van der Waals surface area contributed by atoms with Gasteiger partial charge in [0.15, 0.2) is 5.03 Å². The second-order valence-corrected chi connectivity index (χ2v) is 9.27. The van der Waals surface area contributed by atoms with Gasteiger partial charge < -0.3 is 9.47 Å². The van der Waals surface area contributed by atoms with Crippen molar-refractivity contribution in [2.45, 2.75) is 50.1 Å². The SMILES string of the molecule is Cc1nc(S(=O)(=O)N(C)C[C@@]23CCC[C@H]2N(C)C(=O)CC3)cn1C. The molecule has 1 aromatic heterocycles. The van der Waals surface area contributed by atoms with E-state index in [0.29, 0.717) is 18.8 Å². The van der Waals surface area contributed by atoms with Crippen LogP contribution in [0.25, 0.3) is 0 Å². The number of sulfonamides is 1. The lowest BCUT2D eigenvalue weighted by atomic mass is 9.75. The van der Waals surface area contributed by atoms with E-state index in [2.05, 4.69) is 4.98 Å². The fraction of sp³-hybridized carbons (Fsp3) is 0.750. The van der Waals surface area contributed by atoms with Crippen molar-refractivity contribution in [3.8, 4) is 0 Å². The van der Waals surface area contributed by atoms with Crippen LogP contribution in [-0.4, -0.2) is 59.8 Å². The van der Waals surface area contributed by atoms with Gasteiger partial charge in [-0.05, 0) is 26.2 Å². The first-order valence-corrected chi connectivity index (χ1v) is 9.83. The number of carbonyl (C=O) groups excluding carboxylic acids is 1. The summed E-state index contributed by atoms with van der Waals surface area (Å²) in [4.78, 5) is 18.0. The van der Waals surface area contributed by atoms with Crippen LogP contribution in [0.15, 0.2) is 11.2 Å². The minimum Gasteiger partial charge on any atom is -0.342 e. The van der Waals surface area contributed by atoms with Gasteiger partial charge in [-0.15, -0.1) is 0 Å². The number of rotatable bonds is 4. The zero-order chi connectivity index (χ0) is 17.7. The van der Waals surface area contributed by atoms with Crippen LogP contribution in [-0.2, 0) is 21.9 Å². The van der Waals surface area contributed by atoms with Gasteiger partial charge in [0.1, 0.15) is 5.82 Å². The Morgan fingerprint density at radius 3 is 2.71 bits per heavy atom. The minimum absolute atomic E-state index is 0.0937. The number of nitrogens with zero attached hydrogens (tertiary/aromatic N) is 4. The molecule has 24 heavy (non-hydrogen) atoms. The number of carbonyl (C=O) groups is 1. The van der Waals surface area contributed by atoms with Gasteiger partial charge in [0.25, 0.3) is 10.0 Å². The van der Waals surface area contributed by atoms with E-state index in [1.54, 1.807) is 31.8 Å². The van der Waals surface area contributed by atoms with E-state index < -0.39 is 10.0 Å². The highest BCUT2D eigenvalue weighted by Crippen LogP contribution is 2.48. The van der Waals surface area contributed by atoms with Crippen molar-refractivity contribution in [2.24, 2.45) is 12.5 Å². The number of fused-ring (bicyclic) bond motifs is 1. The van der Waals surface area contributed by atoms with Crippen LogP contribution < -0.4 is 0 Å². The third-order valence-corrected chi connectivity index (χ3v) is 7.53. The fourth-order valence-electron chi connectivity index (χ4n) is 4.32. The molecule has 0 spiro atoms. The molecule has 2 atom stereocenters. The van der Waals surface area contributed by atoms with Gasteiger partial charge in [-0.2, -0.15) is 4.31 Å². The highest BCUT2D eigenvalue weighted by molar-refractivity contribution is 7.89. The van der Waals surface area contributed by atoms with Crippen molar-refractivity contribution in [3.05, 3.63) is 12.0 Å². The van der Waals surface area contributed by atoms with E-state index in [9.17, 15) is 13.2 Å². The van der Waals surface area contributed by atoms with Crippen LogP contribution in [0.1, 0.15) is 37.9 Å². The monoisotopic (exact) mass is 354 g/mol. The van der Waals surface area contributed by atoms with Gasteiger partial charge in [0.05, 0.1) is 0 Å². The quantitative estimate of drug-likeness (QED) is 0.813. The van der Waals surface area contributed by atoms with Gasteiger partial charge in [-0.3, -0.25) is 4.79 Å². The number of likely N-dealkylation sites (tertiary alicyclic amines) is 1. The number of imidazole rings is 1. The topological polar surface area (TPSA) is 75.5 Å². The molecule has 1 saturated carbocycles. The Kier molecular flexibility index (Phi) is 4.24. The van der Waals surface area contributed by atoms with Crippen molar-refractivity contribution in [1.29, 1.82) is 0 Å². The summed E-state index contributed by atoms with van der Waals surface area (Å²) in [5.41, 5.74) is -0.131. The Morgan fingerprint density at radius 1 is 1.38 bits per heavy atom. The summed E-state index contributed by atoms with van der Waals surface area (Å²) in [6, 6.07) is 0.141. The van der Waals surface area contributed by atoms with Crippen LogP contribution in [0.4, 0.5) is 0 Å². The molecule has 1 saturated heterocycles. The molecule has 2 fully saturated rings. The van der Waals surface area contributed by atoms with Crippen molar-refractivity contribution in [2.75, 3.05) is 20.6 Å². The average Bonchev–Trinajstić information content (AvgIpc) is 3.08. The largest absolute Gasteiger partial charge is 0.342 e. The maximum absolute atomic E-state index is 12.9. The lowest BCUT2D eigenvalue weighted by Gasteiger charge is -2.46. The predicted molar refractivity (Wildman–Crippen MR) is 89.8 cm³/mol. The molecule has 1 aliphatic heterocycles. The second-order valence-electron chi connectivity index (χ2n) is 7.27. The number of aromatic nitrogens is 2. The van der Waals surface area contributed by atoms with E-state index in [-0.39, 0.29) is 22.4 Å². The highest BCUT2D eigenvalue weighted by Gasteiger charge is 2.50. The Morgan fingerprint density at radius 2 is 2.08 bits per heavy atom. The van der Waals surface area contributed by atoms with Crippen molar-refractivity contribution in [1.82, 2.24) is 18.8 Å². The molecular formula is C16H26N4O3S. The predicted octanol–water partition coefficient (Wildman–Crippen LogP) is 1.14. The average molecular weight is 354 g/mol. The van der Waals surface area contributed by atoms with Crippen LogP contribution in [0.5, 0.6) is 0 Å². The molecule has 0 unspecified atom stereocenters. The summed E-state index contributed by atoms with van der Waals surface area (Å²) >= 11 is 0. The number of hydrogen-bond donors (Lipinski definition) is 0. The molecule has 3 rings (SSSR count). The summed E-state index contributed by atoms with van der Waals surface area (Å²) in [7, 11) is 1.64. The van der Waals surface area contributed by atoms with E-state index >= 15 is 0 Å². The molecule has 0 N–H and O–H groups in total. The third-order valence-electron chi connectivity index (χ3n) is 5.86. The van der Waals surface area contributed by atoms with Crippen LogP contribution in [0, 0.1) is 12.3 Å². The molecule has 2 aliphatic rings. The van der Waals surface area contributed by atoms with E-state index in [1.165, 1.54) is 4.31 Å². The standard InChI is InChI=1S/C16H26N4O3S/c1-12-17-14(10-18(12)2)24(22,23)19(3)11-16-8-5-6-13(16)20(4)15(21)7-9-16/h10,13H,5-9,11H2,1-4H3/t13-,16+/m1/s1. The molecule has 0 aromatic carbocycles. The minimum atomic E-state index is -3.62. The summed E-state index contributed by atoms with van der Waals surface area (Å²) in [6.45, 7) is 2.22. The normalized spacial score (nSPS) is 27.8. The number of amides is 1. The summed E-state index contributed by atoms with van der Waals surface area (Å²) < 4.78 is 28.9. The molecule has 1 amide bonds. The first-order chi connectivity index (χ1) is 11.2. The smallest absolute Gasteiger partial charge is 0.261 e. The third kappa shape index (κ3) is 2.65. The maximum Gasteiger partial charge on any atom is 0.261 e. The molecule has 0 bridgehead atoms. The molecular weight excluding hydrogens is 328 g/mol. The van der Waals surface area contributed by atoms with E-state index in [4.69, 9.17) is 0 Å². The molecule has 1 aromatic rings. The van der Waals surface area contributed by atoms with Gasteiger partial charge in [-0.25, -0.2) is 13.4 Å².